The van der Waals surface area contributed by atoms with E-state index in [1.54, 1.807) is 18.3 Å². The van der Waals surface area contributed by atoms with Crippen LogP contribution < -0.4 is 15.1 Å². The molecule has 160 valence electrons. The van der Waals surface area contributed by atoms with E-state index in [1.807, 2.05) is 48.5 Å². The average molecular weight is 417 g/mol. The van der Waals surface area contributed by atoms with Crippen LogP contribution in [0.15, 0.2) is 79.0 Å². The normalized spacial score (nSPS) is 14.9. The van der Waals surface area contributed by atoms with Crippen molar-refractivity contribution >= 4 is 17.4 Å². The summed E-state index contributed by atoms with van der Waals surface area (Å²) in [5.74, 6) is 0.372. The second-order valence-corrected chi connectivity index (χ2v) is 7.70. The zero-order chi connectivity index (χ0) is 21.5. The summed E-state index contributed by atoms with van der Waals surface area (Å²) in [5.41, 5.74) is 2.84. The van der Waals surface area contributed by atoms with E-state index < -0.39 is 6.23 Å². The lowest BCUT2D eigenvalue weighted by Crippen LogP contribution is -2.47. The second kappa shape index (κ2) is 10.1. The predicted molar refractivity (Wildman–Crippen MR) is 123 cm³/mol. The Morgan fingerprint density at radius 2 is 1.55 bits per heavy atom. The molecule has 1 fully saturated rings. The maximum atomic E-state index is 12.9. The minimum Gasteiger partial charge on any atom is -0.374 e. The summed E-state index contributed by atoms with van der Waals surface area (Å²) in [6.45, 7) is 3.29. The van der Waals surface area contributed by atoms with Crippen LogP contribution >= 0.6 is 0 Å². The second-order valence-electron chi connectivity index (χ2n) is 7.70. The van der Waals surface area contributed by atoms with Gasteiger partial charge in [0.2, 0.25) is 0 Å². The van der Waals surface area contributed by atoms with Gasteiger partial charge in [0.1, 0.15) is 12.0 Å². The van der Waals surface area contributed by atoms with Gasteiger partial charge < -0.3 is 20.2 Å². The summed E-state index contributed by atoms with van der Waals surface area (Å²) >= 11 is 0. The Hall–Kier alpha value is -3.38. The average Bonchev–Trinajstić information content (AvgIpc) is 2.84. The maximum Gasteiger partial charge on any atom is 0.257 e. The quantitative estimate of drug-likeness (QED) is 0.580. The summed E-state index contributed by atoms with van der Waals surface area (Å²) in [4.78, 5) is 21.8. The number of aliphatic hydroxyl groups excluding tert-OH is 1. The fraction of sp³-hybridized carbons (Fsp3) is 0.280. The summed E-state index contributed by atoms with van der Waals surface area (Å²) in [6.07, 6.45) is 1.96. The molecule has 0 bridgehead atoms. The SMILES string of the molecule is O=C(NC(O)CCc1ccccc1)c1cccnc1N1CCN(c2ccccc2)CC1. The molecule has 1 atom stereocenters. The van der Waals surface area contributed by atoms with E-state index in [1.165, 1.54) is 5.69 Å². The van der Waals surface area contributed by atoms with Gasteiger partial charge >= 0.3 is 0 Å². The van der Waals surface area contributed by atoms with Crippen molar-refractivity contribution in [2.24, 2.45) is 0 Å². The zero-order valence-electron chi connectivity index (χ0n) is 17.5. The molecule has 1 unspecified atom stereocenters. The van der Waals surface area contributed by atoms with Gasteiger partial charge in [-0.25, -0.2) is 4.98 Å². The van der Waals surface area contributed by atoms with E-state index in [9.17, 15) is 9.90 Å². The third kappa shape index (κ3) is 5.41. The van der Waals surface area contributed by atoms with Crippen LogP contribution in [-0.2, 0) is 6.42 Å². The van der Waals surface area contributed by atoms with E-state index in [0.717, 1.165) is 31.7 Å². The van der Waals surface area contributed by atoms with Crippen LogP contribution in [-0.4, -0.2) is 48.4 Å². The fourth-order valence-electron chi connectivity index (χ4n) is 3.89. The highest BCUT2D eigenvalue weighted by Crippen LogP contribution is 2.22. The highest BCUT2D eigenvalue weighted by molar-refractivity contribution is 5.99. The number of carbonyl (C=O) groups is 1. The largest absolute Gasteiger partial charge is 0.374 e. The Morgan fingerprint density at radius 1 is 0.903 bits per heavy atom. The van der Waals surface area contributed by atoms with E-state index in [-0.39, 0.29) is 5.91 Å². The van der Waals surface area contributed by atoms with Gasteiger partial charge in [-0.2, -0.15) is 0 Å². The van der Waals surface area contributed by atoms with Crippen molar-refractivity contribution in [1.29, 1.82) is 0 Å². The number of nitrogens with one attached hydrogen (secondary N) is 1. The minimum atomic E-state index is -0.907. The number of aliphatic hydroxyl groups is 1. The monoisotopic (exact) mass is 416 g/mol. The number of hydrogen-bond acceptors (Lipinski definition) is 5. The highest BCUT2D eigenvalue weighted by atomic mass is 16.3. The number of benzene rings is 2. The van der Waals surface area contributed by atoms with Gasteiger partial charge in [0.05, 0.1) is 5.56 Å². The first-order valence-corrected chi connectivity index (χ1v) is 10.7. The molecular formula is C25H28N4O2. The van der Waals surface area contributed by atoms with Gasteiger partial charge in [-0.05, 0) is 42.7 Å². The summed E-state index contributed by atoms with van der Waals surface area (Å²) < 4.78 is 0. The van der Waals surface area contributed by atoms with E-state index in [2.05, 4.69) is 32.2 Å². The molecule has 0 spiro atoms. The molecule has 4 rings (SSSR count). The smallest absolute Gasteiger partial charge is 0.257 e. The number of rotatable bonds is 7. The van der Waals surface area contributed by atoms with Crippen LogP contribution in [0.25, 0.3) is 0 Å². The third-order valence-corrected chi connectivity index (χ3v) is 5.58. The molecular weight excluding hydrogens is 388 g/mol. The van der Waals surface area contributed by atoms with E-state index in [0.29, 0.717) is 24.2 Å². The lowest BCUT2D eigenvalue weighted by Gasteiger charge is -2.37. The molecule has 0 aliphatic carbocycles. The molecule has 1 saturated heterocycles. The number of amides is 1. The van der Waals surface area contributed by atoms with Gasteiger partial charge in [0.15, 0.2) is 0 Å². The zero-order valence-corrected chi connectivity index (χ0v) is 17.5. The minimum absolute atomic E-state index is 0.297. The molecule has 6 heteroatoms. The van der Waals surface area contributed by atoms with Crippen molar-refractivity contribution < 1.29 is 9.90 Å². The van der Waals surface area contributed by atoms with Crippen LogP contribution in [0.5, 0.6) is 0 Å². The first kappa shape index (κ1) is 20.9. The summed E-state index contributed by atoms with van der Waals surface area (Å²) in [7, 11) is 0. The number of nitrogens with zero attached hydrogens (tertiary/aromatic N) is 3. The number of aryl methyl sites for hydroxylation is 1. The Bertz CT molecular complexity index is 973. The van der Waals surface area contributed by atoms with Crippen molar-refractivity contribution in [2.45, 2.75) is 19.1 Å². The molecule has 2 aromatic carbocycles. The van der Waals surface area contributed by atoms with Crippen molar-refractivity contribution in [1.82, 2.24) is 10.3 Å². The van der Waals surface area contributed by atoms with Crippen molar-refractivity contribution in [3.8, 4) is 0 Å². The van der Waals surface area contributed by atoms with Gasteiger partial charge in [-0.1, -0.05) is 48.5 Å². The lowest BCUT2D eigenvalue weighted by molar-refractivity contribution is 0.0766. The Kier molecular flexibility index (Phi) is 6.79. The number of hydrogen-bond donors (Lipinski definition) is 2. The lowest BCUT2D eigenvalue weighted by atomic mass is 10.1. The molecule has 1 aromatic heterocycles. The molecule has 0 saturated carbocycles. The topological polar surface area (TPSA) is 68.7 Å². The van der Waals surface area contributed by atoms with Crippen LogP contribution in [0.4, 0.5) is 11.5 Å². The summed E-state index contributed by atoms with van der Waals surface area (Å²) in [5, 5.41) is 13.1. The first-order valence-electron chi connectivity index (χ1n) is 10.7. The molecule has 1 aliphatic rings. The molecule has 1 amide bonds. The molecule has 0 radical (unpaired) electrons. The van der Waals surface area contributed by atoms with Crippen LogP contribution in [0.3, 0.4) is 0 Å². The van der Waals surface area contributed by atoms with Crippen molar-refractivity contribution in [2.75, 3.05) is 36.0 Å². The molecule has 31 heavy (non-hydrogen) atoms. The molecule has 3 aromatic rings. The van der Waals surface area contributed by atoms with Crippen LogP contribution in [0.2, 0.25) is 0 Å². The predicted octanol–water partition coefficient (Wildman–Crippen LogP) is 3.09. The Labute approximate surface area is 183 Å². The molecule has 2 heterocycles. The van der Waals surface area contributed by atoms with E-state index in [4.69, 9.17) is 0 Å². The standard InChI is InChI=1S/C25H28N4O2/c30-23(14-13-20-8-3-1-4-9-20)27-25(31)22-12-7-15-26-24(22)29-18-16-28(17-19-29)21-10-5-2-6-11-21/h1-12,15,23,30H,13-14,16-19H2,(H,27,31). The van der Waals surface area contributed by atoms with Crippen LogP contribution in [0.1, 0.15) is 22.3 Å². The van der Waals surface area contributed by atoms with Gasteiger partial charge in [-0.3, -0.25) is 4.79 Å². The number of para-hydroxylation sites is 1. The number of piperazine rings is 1. The number of carbonyl (C=O) groups excluding carboxylic acids is 1. The Morgan fingerprint density at radius 3 is 2.26 bits per heavy atom. The molecule has 1 aliphatic heterocycles. The first-order chi connectivity index (χ1) is 15.2. The van der Waals surface area contributed by atoms with Gasteiger partial charge in [-0.15, -0.1) is 0 Å². The van der Waals surface area contributed by atoms with Gasteiger partial charge in [0, 0.05) is 38.1 Å². The van der Waals surface area contributed by atoms with Crippen molar-refractivity contribution in [3.05, 3.63) is 90.1 Å². The van der Waals surface area contributed by atoms with E-state index >= 15 is 0 Å². The highest BCUT2D eigenvalue weighted by Gasteiger charge is 2.23. The Balaban J connectivity index is 1.36. The fourth-order valence-corrected chi connectivity index (χ4v) is 3.89. The van der Waals surface area contributed by atoms with Crippen LogP contribution in [0, 0.1) is 0 Å². The number of pyridine rings is 1. The third-order valence-electron chi connectivity index (χ3n) is 5.58. The summed E-state index contributed by atoms with van der Waals surface area (Å²) in [6, 6.07) is 23.8. The van der Waals surface area contributed by atoms with Crippen molar-refractivity contribution in [3.63, 3.8) is 0 Å². The van der Waals surface area contributed by atoms with Gasteiger partial charge in [0.25, 0.3) is 5.91 Å². The molecule has 6 nitrogen and oxygen atoms in total. The number of anilines is 2. The maximum absolute atomic E-state index is 12.9. The number of aromatic nitrogens is 1. The molecule has 2 N–H and O–H groups in total.